The zero-order chi connectivity index (χ0) is 18.4. The molecule has 25 heavy (non-hydrogen) atoms. The highest BCUT2D eigenvalue weighted by atomic mass is 19.4. The molecule has 0 fully saturated rings. The SMILES string of the molecule is CN(C)c1ccc(C2C(C#N)=C(N)Oc3n[nH]c(C(F)(F)F)c32)cc1. The van der Waals surface area contributed by atoms with E-state index in [2.05, 4.69) is 5.10 Å². The number of fused-ring (bicyclic) bond motifs is 1. The van der Waals surface area contributed by atoms with E-state index in [0.29, 0.717) is 5.56 Å². The van der Waals surface area contributed by atoms with E-state index in [1.165, 1.54) is 0 Å². The third kappa shape index (κ3) is 2.76. The lowest BCUT2D eigenvalue weighted by molar-refractivity contribution is -0.141. The fourth-order valence-corrected chi connectivity index (χ4v) is 2.76. The highest BCUT2D eigenvalue weighted by Gasteiger charge is 2.44. The van der Waals surface area contributed by atoms with Crippen molar-refractivity contribution >= 4 is 5.69 Å². The number of hydrogen-bond donors (Lipinski definition) is 2. The summed E-state index contributed by atoms with van der Waals surface area (Å²) >= 11 is 0. The smallest absolute Gasteiger partial charge is 0.420 e. The first-order valence-electron chi connectivity index (χ1n) is 7.24. The van der Waals surface area contributed by atoms with Crippen molar-refractivity contribution < 1.29 is 17.9 Å². The summed E-state index contributed by atoms with van der Waals surface area (Å²) in [6.07, 6.45) is -4.67. The van der Waals surface area contributed by atoms with Crippen molar-refractivity contribution in [2.24, 2.45) is 5.73 Å². The molecule has 1 aromatic carbocycles. The Morgan fingerprint density at radius 3 is 2.44 bits per heavy atom. The van der Waals surface area contributed by atoms with Gasteiger partial charge < -0.3 is 15.4 Å². The van der Waals surface area contributed by atoms with E-state index >= 15 is 0 Å². The zero-order valence-corrected chi connectivity index (χ0v) is 13.3. The molecule has 6 nitrogen and oxygen atoms in total. The number of nitrogens with one attached hydrogen (secondary N) is 1. The topological polar surface area (TPSA) is 91.0 Å². The van der Waals surface area contributed by atoms with E-state index in [4.69, 9.17) is 10.5 Å². The molecular formula is C16H14F3N5O. The molecule has 3 rings (SSSR count). The lowest BCUT2D eigenvalue weighted by atomic mass is 9.84. The number of alkyl halides is 3. The Morgan fingerprint density at radius 1 is 1.28 bits per heavy atom. The molecule has 2 aromatic rings. The molecule has 1 aliphatic rings. The fourth-order valence-electron chi connectivity index (χ4n) is 2.76. The van der Waals surface area contributed by atoms with E-state index in [0.717, 1.165) is 5.69 Å². The van der Waals surface area contributed by atoms with Crippen molar-refractivity contribution in [2.45, 2.75) is 12.1 Å². The highest BCUT2D eigenvalue weighted by molar-refractivity contribution is 5.57. The first-order valence-corrected chi connectivity index (χ1v) is 7.24. The van der Waals surface area contributed by atoms with Crippen LogP contribution < -0.4 is 15.4 Å². The van der Waals surface area contributed by atoms with Gasteiger partial charge in [0, 0.05) is 19.8 Å². The molecule has 0 amide bonds. The maximum atomic E-state index is 13.3. The molecule has 1 aromatic heterocycles. The molecular weight excluding hydrogens is 335 g/mol. The summed E-state index contributed by atoms with van der Waals surface area (Å²) in [6.45, 7) is 0. The van der Waals surface area contributed by atoms with Gasteiger partial charge in [-0.25, -0.2) is 0 Å². The second-order valence-electron chi connectivity index (χ2n) is 5.73. The Labute approximate surface area is 141 Å². The standard InChI is InChI=1S/C16H14F3N5O/c1-24(2)9-5-3-8(4-6-9)11-10(7-20)14(21)25-15-12(11)13(22-23-15)16(17,18)19/h3-6,11H,21H2,1-2H3,(H,22,23). The summed E-state index contributed by atoms with van der Waals surface area (Å²) in [7, 11) is 3.69. The molecule has 1 unspecified atom stereocenters. The molecule has 9 heteroatoms. The number of H-pyrrole nitrogens is 1. The monoisotopic (exact) mass is 349 g/mol. The van der Waals surface area contributed by atoms with Crippen LogP contribution in [0.1, 0.15) is 22.7 Å². The Morgan fingerprint density at radius 2 is 1.92 bits per heavy atom. The van der Waals surface area contributed by atoms with Gasteiger partial charge in [-0.1, -0.05) is 12.1 Å². The first-order chi connectivity index (χ1) is 11.7. The quantitative estimate of drug-likeness (QED) is 0.870. The predicted molar refractivity (Wildman–Crippen MR) is 83.7 cm³/mol. The molecule has 130 valence electrons. The summed E-state index contributed by atoms with van der Waals surface area (Å²) in [4.78, 5) is 1.85. The van der Waals surface area contributed by atoms with Gasteiger partial charge >= 0.3 is 6.18 Å². The number of halogens is 3. The van der Waals surface area contributed by atoms with Crippen LogP contribution in [-0.2, 0) is 6.18 Å². The number of aromatic nitrogens is 2. The largest absolute Gasteiger partial charge is 0.433 e. The molecule has 0 aliphatic carbocycles. The third-order valence-electron chi connectivity index (χ3n) is 3.97. The number of ether oxygens (including phenoxy) is 1. The molecule has 0 bridgehead atoms. The summed E-state index contributed by atoms with van der Waals surface area (Å²) in [5, 5.41) is 14.9. The minimum Gasteiger partial charge on any atom is -0.420 e. The lowest BCUT2D eigenvalue weighted by Gasteiger charge is -2.25. The highest BCUT2D eigenvalue weighted by Crippen LogP contribution is 2.46. The molecule has 3 N–H and O–H groups in total. The molecule has 0 saturated carbocycles. The van der Waals surface area contributed by atoms with E-state index < -0.39 is 17.8 Å². The minimum absolute atomic E-state index is 0.0861. The van der Waals surface area contributed by atoms with E-state index in [9.17, 15) is 18.4 Å². The molecule has 0 spiro atoms. The van der Waals surface area contributed by atoms with Gasteiger partial charge in [0.1, 0.15) is 17.3 Å². The summed E-state index contributed by atoms with van der Waals surface area (Å²) in [5.74, 6) is -1.54. The van der Waals surface area contributed by atoms with Gasteiger partial charge in [-0.15, -0.1) is 5.10 Å². The van der Waals surface area contributed by atoms with Gasteiger partial charge in [0.2, 0.25) is 11.8 Å². The number of hydrogen-bond acceptors (Lipinski definition) is 5. The minimum atomic E-state index is -4.67. The second-order valence-corrected chi connectivity index (χ2v) is 5.73. The molecule has 1 aliphatic heterocycles. The van der Waals surface area contributed by atoms with Gasteiger partial charge in [0.15, 0.2) is 0 Å². The number of aromatic amines is 1. The molecule has 0 radical (unpaired) electrons. The van der Waals surface area contributed by atoms with Crippen LogP contribution in [0.3, 0.4) is 0 Å². The van der Waals surface area contributed by atoms with E-state index in [1.54, 1.807) is 24.3 Å². The number of nitrogens with zero attached hydrogens (tertiary/aromatic N) is 3. The Bertz CT molecular complexity index is 875. The van der Waals surface area contributed by atoms with Crippen molar-refractivity contribution in [3.8, 4) is 11.9 Å². The van der Waals surface area contributed by atoms with Crippen LogP contribution in [0.4, 0.5) is 18.9 Å². The number of nitriles is 1. The van der Waals surface area contributed by atoms with E-state index in [-0.39, 0.29) is 22.9 Å². The number of nitrogens with two attached hydrogens (primary N) is 1. The Hall–Kier alpha value is -3.15. The van der Waals surface area contributed by atoms with Crippen LogP contribution >= 0.6 is 0 Å². The van der Waals surface area contributed by atoms with Crippen molar-refractivity contribution in [3.63, 3.8) is 0 Å². The van der Waals surface area contributed by atoms with Crippen LogP contribution in [-0.4, -0.2) is 24.3 Å². The second kappa shape index (κ2) is 5.73. The first kappa shape index (κ1) is 16.7. The van der Waals surface area contributed by atoms with Crippen molar-refractivity contribution in [2.75, 3.05) is 19.0 Å². The van der Waals surface area contributed by atoms with Gasteiger partial charge in [-0.05, 0) is 17.7 Å². The number of benzene rings is 1. The van der Waals surface area contributed by atoms with Crippen molar-refractivity contribution in [1.82, 2.24) is 10.2 Å². The fraction of sp³-hybridized carbons (Fsp3) is 0.250. The average Bonchev–Trinajstić information content (AvgIpc) is 2.97. The summed E-state index contributed by atoms with van der Waals surface area (Å²) in [5.41, 5.74) is 5.70. The van der Waals surface area contributed by atoms with Crippen molar-refractivity contribution in [3.05, 3.63) is 52.5 Å². The maximum Gasteiger partial charge on any atom is 0.433 e. The van der Waals surface area contributed by atoms with Crippen LogP contribution in [0, 0.1) is 11.3 Å². The van der Waals surface area contributed by atoms with Crippen molar-refractivity contribution in [1.29, 1.82) is 5.26 Å². The van der Waals surface area contributed by atoms with Crippen LogP contribution in [0.15, 0.2) is 35.7 Å². The maximum absolute atomic E-state index is 13.3. The average molecular weight is 349 g/mol. The predicted octanol–water partition coefficient (Wildman–Crippen LogP) is 2.71. The number of allylic oxidation sites excluding steroid dienone is 1. The lowest BCUT2D eigenvalue weighted by Crippen LogP contribution is -2.23. The zero-order valence-electron chi connectivity index (χ0n) is 13.3. The molecule has 2 heterocycles. The van der Waals surface area contributed by atoms with Crippen LogP contribution in [0.25, 0.3) is 0 Å². The summed E-state index contributed by atoms with van der Waals surface area (Å²) in [6, 6.07) is 8.68. The normalized spacial score (nSPS) is 16.9. The van der Waals surface area contributed by atoms with Gasteiger partial charge in [0.05, 0.1) is 11.5 Å². The van der Waals surface area contributed by atoms with Crippen LogP contribution in [0.2, 0.25) is 0 Å². The number of rotatable bonds is 2. The van der Waals surface area contributed by atoms with E-state index in [1.807, 2.05) is 30.2 Å². The van der Waals surface area contributed by atoms with Gasteiger partial charge in [-0.3, -0.25) is 5.10 Å². The van der Waals surface area contributed by atoms with Gasteiger partial charge in [-0.2, -0.15) is 18.4 Å². The third-order valence-corrected chi connectivity index (χ3v) is 3.97. The Kier molecular flexibility index (Phi) is 3.83. The Balaban J connectivity index is 2.20. The number of anilines is 1. The van der Waals surface area contributed by atoms with Crippen LogP contribution in [0.5, 0.6) is 5.88 Å². The summed E-state index contributed by atoms with van der Waals surface area (Å²) < 4.78 is 45.1. The van der Waals surface area contributed by atoms with Gasteiger partial charge in [0.25, 0.3) is 0 Å². The molecule has 1 atom stereocenters. The molecule has 0 saturated heterocycles.